The zero-order valence-corrected chi connectivity index (χ0v) is 14.0. The van der Waals surface area contributed by atoms with E-state index in [1.54, 1.807) is 24.3 Å². The minimum atomic E-state index is -3.66. The van der Waals surface area contributed by atoms with Gasteiger partial charge in [-0.1, -0.05) is 35.9 Å². The number of halogens is 1. The Balaban J connectivity index is 2.00. The molecule has 106 valence electrons. The van der Waals surface area contributed by atoms with Crippen LogP contribution in [0.4, 0.5) is 0 Å². The van der Waals surface area contributed by atoms with Crippen LogP contribution in [-0.4, -0.2) is 15.0 Å². The van der Waals surface area contributed by atoms with Gasteiger partial charge >= 0.3 is 0 Å². The summed E-state index contributed by atoms with van der Waals surface area (Å²) in [5, 5.41) is 0. The van der Waals surface area contributed by atoms with Gasteiger partial charge in [-0.2, -0.15) is 8.42 Å². The summed E-state index contributed by atoms with van der Waals surface area (Å²) in [5.74, 6) is 0. The molecule has 0 saturated carbocycles. The van der Waals surface area contributed by atoms with Crippen molar-refractivity contribution in [2.24, 2.45) is 0 Å². The minimum Gasteiger partial charge on any atom is -0.266 e. The van der Waals surface area contributed by atoms with Crippen LogP contribution in [0, 0.1) is 10.5 Å². The van der Waals surface area contributed by atoms with Crippen LogP contribution < -0.4 is 0 Å². The monoisotopic (exact) mass is 402 g/mol. The van der Waals surface area contributed by atoms with E-state index in [0.29, 0.717) is 6.42 Å². The lowest BCUT2D eigenvalue weighted by atomic mass is 10.2. The van der Waals surface area contributed by atoms with Gasteiger partial charge in [-0.15, -0.1) is 0 Å². The third-order valence-corrected chi connectivity index (χ3v) is 5.26. The normalized spacial score (nSPS) is 11.5. The Morgan fingerprint density at radius 1 is 1.05 bits per heavy atom. The van der Waals surface area contributed by atoms with Gasteiger partial charge in [-0.05, 0) is 59.7 Å². The molecular weight excluding hydrogens is 387 g/mol. The molecule has 2 aromatic carbocycles. The van der Waals surface area contributed by atoms with Crippen molar-refractivity contribution in [1.82, 2.24) is 0 Å². The van der Waals surface area contributed by atoms with Crippen LogP contribution in [0.3, 0.4) is 0 Å². The summed E-state index contributed by atoms with van der Waals surface area (Å²) in [7, 11) is -3.66. The highest BCUT2D eigenvalue weighted by atomic mass is 127. The number of hydrogen-bond acceptors (Lipinski definition) is 3. The third-order valence-electron chi connectivity index (χ3n) is 2.88. The van der Waals surface area contributed by atoms with Crippen LogP contribution in [0.2, 0.25) is 0 Å². The fourth-order valence-corrected chi connectivity index (χ4v) is 3.30. The van der Waals surface area contributed by atoms with Crippen LogP contribution in [0.25, 0.3) is 0 Å². The summed E-state index contributed by atoms with van der Waals surface area (Å²) in [4.78, 5) is 0.200. The lowest BCUT2D eigenvalue weighted by Crippen LogP contribution is -2.09. The molecule has 0 aliphatic heterocycles. The second-order valence-electron chi connectivity index (χ2n) is 4.43. The van der Waals surface area contributed by atoms with E-state index >= 15 is 0 Å². The first kappa shape index (κ1) is 15.5. The van der Waals surface area contributed by atoms with E-state index < -0.39 is 10.1 Å². The molecule has 0 atom stereocenters. The molecule has 0 radical (unpaired) electrons. The molecule has 0 aliphatic rings. The summed E-state index contributed by atoms with van der Waals surface area (Å²) in [6.07, 6.45) is 0.574. The largest absolute Gasteiger partial charge is 0.296 e. The molecule has 0 spiro atoms. The van der Waals surface area contributed by atoms with Crippen molar-refractivity contribution >= 4 is 32.7 Å². The van der Waals surface area contributed by atoms with Crippen molar-refractivity contribution in [2.45, 2.75) is 18.2 Å². The van der Waals surface area contributed by atoms with Gasteiger partial charge in [0.15, 0.2) is 0 Å². The maximum Gasteiger partial charge on any atom is 0.296 e. The molecular formula is C15H15IO3S. The predicted octanol–water partition coefficient (Wildman–Crippen LogP) is 3.55. The second-order valence-corrected chi connectivity index (χ2v) is 7.21. The molecule has 0 unspecified atom stereocenters. The fraction of sp³-hybridized carbons (Fsp3) is 0.200. The highest BCUT2D eigenvalue weighted by Crippen LogP contribution is 2.15. The highest BCUT2D eigenvalue weighted by molar-refractivity contribution is 14.1. The van der Waals surface area contributed by atoms with Crippen LogP contribution >= 0.6 is 22.6 Å². The zero-order chi connectivity index (χ0) is 14.6. The molecule has 0 N–H and O–H groups in total. The average molecular weight is 402 g/mol. The molecule has 0 aliphatic carbocycles. The molecule has 20 heavy (non-hydrogen) atoms. The Kier molecular flexibility index (Phi) is 5.17. The molecule has 0 fully saturated rings. The van der Waals surface area contributed by atoms with E-state index in [0.717, 1.165) is 14.7 Å². The van der Waals surface area contributed by atoms with Crippen molar-refractivity contribution in [1.29, 1.82) is 0 Å². The standard InChI is InChI=1S/C15H15IO3S/c1-12-6-8-14(9-7-12)20(17,18)19-11-10-13-4-2-3-5-15(13)16/h2-9H,10-11H2,1H3. The van der Waals surface area contributed by atoms with Crippen molar-refractivity contribution < 1.29 is 12.6 Å². The van der Waals surface area contributed by atoms with Gasteiger partial charge in [0.2, 0.25) is 0 Å². The second kappa shape index (κ2) is 6.69. The van der Waals surface area contributed by atoms with Gasteiger partial charge in [-0.3, -0.25) is 4.18 Å². The van der Waals surface area contributed by atoms with Crippen LogP contribution in [0.15, 0.2) is 53.4 Å². The number of benzene rings is 2. The fourth-order valence-electron chi connectivity index (χ4n) is 1.74. The summed E-state index contributed by atoms with van der Waals surface area (Å²) in [6.45, 7) is 2.06. The maximum absolute atomic E-state index is 12.0. The Morgan fingerprint density at radius 3 is 2.35 bits per heavy atom. The van der Waals surface area contributed by atoms with E-state index in [4.69, 9.17) is 4.18 Å². The summed E-state index contributed by atoms with van der Waals surface area (Å²) < 4.78 is 30.2. The van der Waals surface area contributed by atoms with Gasteiger partial charge in [-0.25, -0.2) is 0 Å². The number of rotatable bonds is 5. The smallest absolute Gasteiger partial charge is 0.266 e. The Morgan fingerprint density at radius 2 is 1.70 bits per heavy atom. The molecule has 2 rings (SSSR count). The molecule has 0 heterocycles. The van der Waals surface area contributed by atoms with Gasteiger partial charge in [0, 0.05) is 3.57 Å². The molecule has 3 nitrogen and oxygen atoms in total. The summed E-state index contributed by atoms with van der Waals surface area (Å²) >= 11 is 2.23. The van der Waals surface area contributed by atoms with Crippen LogP contribution in [-0.2, 0) is 20.7 Å². The van der Waals surface area contributed by atoms with Crippen molar-refractivity contribution in [3.8, 4) is 0 Å². The SMILES string of the molecule is Cc1ccc(S(=O)(=O)OCCc2ccccc2I)cc1. The first-order valence-electron chi connectivity index (χ1n) is 6.18. The van der Waals surface area contributed by atoms with E-state index in [1.807, 2.05) is 31.2 Å². The van der Waals surface area contributed by atoms with Crippen molar-refractivity contribution in [3.05, 3.63) is 63.2 Å². The molecule has 0 saturated heterocycles. The van der Waals surface area contributed by atoms with Gasteiger partial charge in [0.1, 0.15) is 0 Å². The lowest BCUT2D eigenvalue weighted by Gasteiger charge is -2.07. The Labute approximate surface area is 133 Å². The molecule has 0 amide bonds. The van der Waals surface area contributed by atoms with Crippen LogP contribution in [0.1, 0.15) is 11.1 Å². The minimum absolute atomic E-state index is 0.149. The van der Waals surface area contributed by atoms with E-state index in [1.165, 1.54) is 0 Å². The van der Waals surface area contributed by atoms with Crippen molar-refractivity contribution in [2.75, 3.05) is 6.61 Å². The number of aryl methyl sites for hydroxylation is 1. The van der Waals surface area contributed by atoms with Crippen molar-refractivity contribution in [3.63, 3.8) is 0 Å². The first-order valence-corrected chi connectivity index (χ1v) is 8.67. The topological polar surface area (TPSA) is 43.4 Å². The third kappa shape index (κ3) is 4.04. The van der Waals surface area contributed by atoms with Crippen LogP contribution in [0.5, 0.6) is 0 Å². The van der Waals surface area contributed by atoms with E-state index in [9.17, 15) is 8.42 Å². The lowest BCUT2D eigenvalue weighted by molar-refractivity contribution is 0.322. The quantitative estimate of drug-likeness (QED) is 0.568. The van der Waals surface area contributed by atoms with E-state index in [-0.39, 0.29) is 11.5 Å². The van der Waals surface area contributed by atoms with Gasteiger partial charge in [0.05, 0.1) is 11.5 Å². The summed E-state index contributed by atoms with van der Waals surface area (Å²) in [6, 6.07) is 14.5. The maximum atomic E-state index is 12.0. The molecule has 2 aromatic rings. The predicted molar refractivity (Wildman–Crippen MR) is 87.2 cm³/mol. The molecule has 0 aromatic heterocycles. The first-order chi connectivity index (χ1) is 9.49. The molecule has 0 bridgehead atoms. The van der Waals surface area contributed by atoms with Gasteiger partial charge < -0.3 is 0 Å². The average Bonchev–Trinajstić information content (AvgIpc) is 2.41. The zero-order valence-electron chi connectivity index (χ0n) is 11.0. The highest BCUT2D eigenvalue weighted by Gasteiger charge is 2.14. The Bertz CT molecular complexity index is 679. The van der Waals surface area contributed by atoms with E-state index in [2.05, 4.69) is 22.6 Å². The van der Waals surface area contributed by atoms with Gasteiger partial charge in [0.25, 0.3) is 10.1 Å². The summed E-state index contributed by atoms with van der Waals surface area (Å²) in [5.41, 5.74) is 2.11. The Hall–Kier alpha value is -0.920. The molecule has 5 heteroatoms. The number of hydrogen-bond donors (Lipinski definition) is 0.